The van der Waals surface area contributed by atoms with E-state index in [9.17, 15) is 26.3 Å². The fraction of sp³-hybridized carbons (Fsp3) is 0.490. The van der Waals surface area contributed by atoms with Gasteiger partial charge in [0.15, 0.2) is 11.9 Å². The van der Waals surface area contributed by atoms with E-state index in [0.29, 0.717) is 58.6 Å². The third-order valence-electron chi connectivity index (χ3n) is 23.3. The molecule has 33 heteroatoms. The number of nitrogens with one attached hydrogen (secondary N) is 5. The molecule has 0 amide bonds. The van der Waals surface area contributed by atoms with Crippen molar-refractivity contribution in [2.24, 2.45) is 15.7 Å². The number of likely N-dealkylation sites (N-methyl/N-ethyl adjacent to an activating group) is 2. The number of guanidine groups is 2. The maximum absolute atomic E-state index is 12.9. The predicted molar refractivity (Wildman–Crippen MR) is 566 cm³/mol. The monoisotopic (exact) mass is 2110 g/mol. The Balaban J connectivity index is 0.000000214. The molecule has 0 atom stereocenters. The van der Waals surface area contributed by atoms with Crippen molar-refractivity contribution in [2.45, 2.75) is 99.6 Å². The lowest BCUT2D eigenvalue weighted by atomic mass is 10.1. The first-order valence-corrected chi connectivity index (χ1v) is 50.5. The number of piperazine rings is 4. The molecule has 0 radical (unpaired) electrons. The number of amidine groups is 2. The highest BCUT2D eigenvalue weighted by Gasteiger charge is 2.29. The quantitative estimate of drug-likeness (QED) is 0.01000. The van der Waals surface area contributed by atoms with E-state index in [1.54, 1.807) is 31.2 Å². The van der Waals surface area contributed by atoms with Crippen LogP contribution < -0.4 is 64.6 Å². The Hall–Kier alpha value is -9.86. The van der Waals surface area contributed by atoms with E-state index in [1.807, 2.05) is 123 Å². The van der Waals surface area contributed by atoms with Gasteiger partial charge in [0.2, 0.25) is 0 Å². The summed E-state index contributed by atoms with van der Waals surface area (Å²) in [6, 6.07) is 58.1. The number of piperidine rings is 1. The van der Waals surface area contributed by atoms with Crippen LogP contribution in [0.15, 0.2) is 205 Å². The second kappa shape index (κ2) is 63.7. The summed E-state index contributed by atoms with van der Waals surface area (Å²) in [5, 5.41) is 29.5. The molecule has 6 aliphatic heterocycles. The van der Waals surface area contributed by atoms with Crippen LogP contribution >= 0.6 is 59.4 Å². The van der Waals surface area contributed by atoms with Crippen LogP contribution in [0.5, 0.6) is 28.7 Å². The average molecular weight is 2120 g/mol. The van der Waals surface area contributed by atoms with Crippen LogP contribution in [0, 0.1) is 22.0 Å². The molecule has 8 aromatic rings. The summed E-state index contributed by atoms with van der Waals surface area (Å²) in [4.78, 5) is 26.9. The molecule has 0 bridgehead atoms. The van der Waals surface area contributed by atoms with Crippen molar-refractivity contribution < 1.29 is 59.0 Å². The van der Waals surface area contributed by atoms with Gasteiger partial charge in [0.05, 0.1) is 114 Å². The first-order valence-electron chi connectivity index (χ1n) is 47.8. The van der Waals surface area contributed by atoms with E-state index in [0.717, 1.165) is 201 Å². The lowest BCUT2D eigenvalue weighted by molar-refractivity contribution is -0.910. The van der Waals surface area contributed by atoms with Crippen molar-refractivity contribution in [3.63, 3.8) is 0 Å². The van der Waals surface area contributed by atoms with Crippen LogP contribution in [0.4, 0.5) is 54.8 Å². The Morgan fingerprint density at radius 2 is 0.883 bits per heavy atom. The predicted octanol–water partition coefficient (Wildman–Crippen LogP) is 20.7. The van der Waals surface area contributed by atoms with Crippen molar-refractivity contribution in [3.8, 4) is 28.7 Å². The maximum atomic E-state index is 12.9. The molecule has 7 N–H and O–H groups in total. The normalized spacial score (nSPS) is 15.4. The summed E-state index contributed by atoms with van der Waals surface area (Å²) in [6.45, 7) is 35.0. The first kappa shape index (κ1) is 114. The molecule has 6 aliphatic rings. The van der Waals surface area contributed by atoms with E-state index in [1.165, 1.54) is 79.8 Å². The van der Waals surface area contributed by atoms with Crippen molar-refractivity contribution >= 4 is 117 Å². The molecule has 5 fully saturated rings. The number of aliphatic imine (C=N–C) groups is 2. The van der Waals surface area contributed by atoms with E-state index in [4.69, 9.17) is 57.2 Å². The van der Waals surface area contributed by atoms with Crippen LogP contribution in [0.3, 0.4) is 0 Å². The minimum absolute atomic E-state index is 0.0165. The lowest BCUT2D eigenvalue weighted by Gasteiger charge is -2.42. The van der Waals surface area contributed by atoms with Gasteiger partial charge < -0.3 is 93.6 Å². The van der Waals surface area contributed by atoms with E-state index in [-0.39, 0.29) is 38.9 Å². The fourth-order valence-electron chi connectivity index (χ4n) is 15.6. The number of alkyl halides is 5. The number of nitrogens with zero attached hydrogens (tertiary/aromatic N) is 12. The summed E-state index contributed by atoms with van der Waals surface area (Å²) >= 11 is 16.3. The number of rotatable bonds is 32. The highest BCUT2D eigenvalue weighted by atomic mass is 79.9. The van der Waals surface area contributed by atoms with Crippen LogP contribution in [0.2, 0.25) is 5.02 Å². The number of benzene rings is 8. The van der Waals surface area contributed by atoms with Gasteiger partial charge in [0.25, 0.3) is 0 Å². The number of ether oxygens (including phenoxy) is 5. The summed E-state index contributed by atoms with van der Waals surface area (Å²) in [5.41, 5.74) is 15.5. The highest BCUT2D eigenvalue weighted by Crippen LogP contribution is 2.33. The highest BCUT2D eigenvalue weighted by molar-refractivity contribution is 9.11. The number of nitrogens with two attached hydrogens (primary N) is 1. The molecule has 14 rings (SSSR count). The van der Waals surface area contributed by atoms with Crippen molar-refractivity contribution in [1.82, 2.24) is 25.3 Å². The molecule has 752 valence electrons. The smallest absolute Gasteiger partial charge is 0.194 e. The Morgan fingerprint density at radius 3 is 1.33 bits per heavy atom. The second-order valence-corrected chi connectivity index (χ2v) is 37.8. The Morgan fingerprint density at radius 1 is 0.460 bits per heavy atom. The SMILES string of the molecule is CC(=N)Cc1ccc(OCCF)c(Cl)c1.CC(=N)N1CCN(c2ccc(OCCF)c(Br)c2)CC1.CC(=N)N1CCN(c2ccc(OCCF)cc2)CC1.CCCNC(N)=NCc1cccc(Br)c1.CCCNC1=NCCN1Cc1cccc(Br)c1.CCC[N+]1(C)CCN(c2ccc(F)cc2)CC1.C[N+]1(C)CCN(c2ccc(OCCF)cc2)CC1.FCCOc1ccc(N2CCCCC2)cc1. The Labute approximate surface area is 841 Å². The molecule has 23 nitrogen and oxygen atoms in total. The van der Waals surface area contributed by atoms with Crippen LogP contribution in [0.25, 0.3) is 0 Å². The molecule has 0 saturated carbocycles. The van der Waals surface area contributed by atoms with Crippen LogP contribution in [0.1, 0.15) is 96.8 Å². The number of anilines is 5. The number of hydrogen-bond acceptors (Lipinski definition) is 17. The molecular weight excluding hydrogens is 1970 g/mol. The number of quaternary nitrogens is 2. The minimum Gasteiger partial charge on any atom is -0.491 e. The summed E-state index contributed by atoms with van der Waals surface area (Å²) < 4.78 is 104. The van der Waals surface area contributed by atoms with Crippen molar-refractivity contribution in [3.05, 3.63) is 223 Å². The van der Waals surface area contributed by atoms with Crippen LogP contribution in [-0.4, -0.2) is 291 Å². The zero-order valence-electron chi connectivity index (χ0n) is 81.8. The molecule has 0 spiro atoms. The zero-order valence-corrected chi connectivity index (χ0v) is 87.3. The number of halogens is 10. The second-order valence-electron chi connectivity index (χ2n) is 34.7. The van der Waals surface area contributed by atoms with Gasteiger partial charge in [0, 0.05) is 141 Å². The van der Waals surface area contributed by atoms with Crippen molar-refractivity contribution in [1.29, 1.82) is 16.2 Å². The largest absolute Gasteiger partial charge is 0.491 e. The molecule has 137 heavy (non-hydrogen) atoms. The molecule has 0 unspecified atom stereocenters. The lowest BCUT2D eigenvalue weighted by Crippen LogP contribution is -2.57. The van der Waals surface area contributed by atoms with Gasteiger partial charge in [-0.15, -0.1) is 0 Å². The first-order chi connectivity index (χ1) is 66.1. The van der Waals surface area contributed by atoms with Gasteiger partial charge in [-0.3, -0.25) is 15.8 Å². The Bertz CT molecular complexity index is 4820. The van der Waals surface area contributed by atoms with Gasteiger partial charge in [-0.1, -0.05) is 94.6 Å². The van der Waals surface area contributed by atoms with Gasteiger partial charge in [-0.2, -0.15) is 0 Å². The Kier molecular flexibility index (Phi) is 53.0. The van der Waals surface area contributed by atoms with Crippen LogP contribution in [-0.2, 0) is 19.5 Å². The molecule has 6 heterocycles. The standard InChI is InChI=1S/C14H19BrFN3O.C14H20FN3O.C14H22FN2O.C14H22FN2.C13H18BrN3.C13H18FNO.C11H16BrN3.C11H13ClFNO/c1-11(17)18-5-7-19(8-6-18)12-2-3-14(13(15)10-12)20-9-4-16;1-12(16)17-7-9-18(10-8-17)13-2-4-14(5-3-13)19-11-6-15;1-17(2)10-8-16(9-11-17)13-3-5-14(6-4-13)18-12-7-15;1-3-10-17(2)11-8-16(9-12-17)14-6-4-13(15)5-7-14;1-2-6-15-13-16-7-8-17(13)10-11-4-3-5-12(14)9-11;14-8-11-16-13-6-4-12(5-7-13)15-9-2-1-3-10-15;1-2-6-14-11(13)15-8-9-4-3-5-10(12)7-9;1-8(14)6-9-2-3-11(10(12)7-9)15-5-4-13/h2-3,10,17H,4-9H2,1H3;2-5,16H,6-11H2,1H3;3-6H,7-12H2,1-2H3;4-7H,3,8-12H2,1-2H3;3-5,9H,2,6-8,10H2,1H3,(H,15,16);4-7H,1-3,8-11H2;3-5,7H,2,6,8H2,1H3,(H3,13,14,15);2-3,7,14H,4-6H2,1H3/q;;2*+1;;;;. The summed E-state index contributed by atoms with van der Waals surface area (Å²) in [7, 11) is 6.88. The van der Waals surface area contributed by atoms with E-state index >= 15 is 0 Å². The van der Waals surface area contributed by atoms with Gasteiger partial charge >= 0.3 is 0 Å². The molecule has 0 aliphatic carbocycles. The maximum Gasteiger partial charge on any atom is 0.194 e. The molecular formula is C104H148Br3ClF6N18O5+2. The third kappa shape index (κ3) is 43.6. The fourth-order valence-corrected chi connectivity index (χ4v) is 17.2. The van der Waals surface area contributed by atoms with E-state index < -0.39 is 33.4 Å². The summed E-state index contributed by atoms with van der Waals surface area (Å²) in [6.07, 6.45) is 7.89. The molecule has 8 aromatic carbocycles. The number of hydrogen-bond donors (Lipinski definition) is 6. The van der Waals surface area contributed by atoms with Crippen molar-refractivity contribution in [2.75, 3.05) is 263 Å². The summed E-state index contributed by atoms with van der Waals surface area (Å²) in [5.74, 6) is 6.01. The molecule has 0 aromatic heterocycles. The minimum atomic E-state index is -0.530. The van der Waals surface area contributed by atoms with E-state index in [2.05, 4.69) is 198 Å². The van der Waals surface area contributed by atoms with Gasteiger partial charge in [-0.25, -0.2) is 31.3 Å². The molecule has 5 saturated heterocycles. The topological polar surface area (TPSA) is 218 Å². The average Bonchev–Trinajstić information content (AvgIpc) is 1.35. The zero-order chi connectivity index (χ0) is 99.2. The van der Waals surface area contributed by atoms with Gasteiger partial charge in [0.1, 0.15) is 101 Å². The third-order valence-corrected chi connectivity index (χ3v) is 25.2. The van der Waals surface area contributed by atoms with Gasteiger partial charge in [-0.05, 0) is 244 Å².